The second-order valence-corrected chi connectivity index (χ2v) is 4.86. The number of rotatable bonds is 5. The van der Waals surface area contributed by atoms with Crippen molar-refractivity contribution >= 4 is 17.2 Å². The average Bonchev–Trinajstić information content (AvgIpc) is 2.56. The van der Waals surface area contributed by atoms with Crippen LogP contribution in [0.2, 0.25) is 0 Å². The van der Waals surface area contributed by atoms with Gasteiger partial charge in [0.15, 0.2) is 23.0 Å². The molecule has 0 saturated heterocycles. The molecule has 0 spiro atoms. The van der Waals surface area contributed by atoms with E-state index in [4.69, 9.17) is 9.47 Å². The quantitative estimate of drug-likeness (QED) is 0.777. The van der Waals surface area contributed by atoms with E-state index in [1.807, 2.05) is 31.2 Å². The molecule has 0 atom stereocenters. The molecule has 0 saturated carbocycles. The van der Waals surface area contributed by atoms with E-state index in [1.165, 1.54) is 0 Å². The number of nitrogens with one attached hydrogen (secondary N) is 1. The average molecular weight is 300 g/mol. The molecule has 2 heterocycles. The molecule has 0 radical (unpaired) electrons. The van der Waals surface area contributed by atoms with Gasteiger partial charge in [-0.1, -0.05) is 12.1 Å². The summed E-state index contributed by atoms with van der Waals surface area (Å²) in [5.41, 5.74) is 1.63. The molecule has 0 amide bonds. The van der Waals surface area contributed by atoms with Crippen molar-refractivity contribution in [2.24, 2.45) is 0 Å². The minimum atomic E-state index is 0.443. The topological polar surface area (TPSA) is 59.5 Å². The van der Waals surface area contributed by atoms with Gasteiger partial charge in [-0.2, -0.15) is 0 Å². The molecule has 116 valence electrons. The molecule has 2 aromatic rings. The third kappa shape index (κ3) is 2.41. The first kappa shape index (κ1) is 14.4. The molecule has 1 aliphatic heterocycles. The number of anilines is 3. The van der Waals surface area contributed by atoms with Crippen molar-refractivity contribution < 1.29 is 9.47 Å². The Labute approximate surface area is 130 Å². The summed E-state index contributed by atoms with van der Waals surface area (Å²) in [4.78, 5) is 2.11. The van der Waals surface area contributed by atoms with E-state index in [2.05, 4.69) is 34.3 Å². The SMILES string of the molecule is CCOc1c(N(CC)CC)nnc2c1Nc1ccccc1O2. The van der Waals surface area contributed by atoms with Gasteiger partial charge in [-0.15, -0.1) is 10.2 Å². The van der Waals surface area contributed by atoms with Crippen LogP contribution < -0.4 is 19.7 Å². The fraction of sp³-hybridized carbons (Fsp3) is 0.375. The summed E-state index contributed by atoms with van der Waals surface area (Å²) in [6.07, 6.45) is 0. The van der Waals surface area contributed by atoms with Crippen LogP contribution >= 0.6 is 0 Å². The van der Waals surface area contributed by atoms with Crippen LogP contribution in [0.4, 0.5) is 17.2 Å². The van der Waals surface area contributed by atoms with E-state index in [1.54, 1.807) is 0 Å². The van der Waals surface area contributed by atoms with Crippen molar-refractivity contribution in [3.8, 4) is 17.4 Å². The molecule has 6 nitrogen and oxygen atoms in total. The molecule has 0 unspecified atom stereocenters. The van der Waals surface area contributed by atoms with E-state index in [0.717, 1.165) is 36.0 Å². The number of nitrogens with zero attached hydrogens (tertiary/aromatic N) is 3. The van der Waals surface area contributed by atoms with Crippen molar-refractivity contribution in [2.45, 2.75) is 20.8 Å². The number of aromatic nitrogens is 2. The Balaban J connectivity index is 2.08. The Morgan fingerprint density at radius 2 is 1.91 bits per heavy atom. The van der Waals surface area contributed by atoms with Gasteiger partial charge < -0.3 is 19.7 Å². The molecule has 1 aromatic carbocycles. The lowest BCUT2D eigenvalue weighted by molar-refractivity contribution is 0.336. The number of hydrogen-bond acceptors (Lipinski definition) is 6. The van der Waals surface area contributed by atoms with Gasteiger partial charge in [-0.3, -0.25) is 0 Å². The van der Waals surface area contributed by atoms with Crippen molar-refractivity contribution in [3.05, 3.63) is 24.3 Å². The Morgan fingerprint density at radius 1 is 1.14 bits per heavy atom. The smallest absolute Gasteiger partial charge is 0.267 e. The maximum absolute atomic E-state index is 5.85. The van der Waals surface area contributed by atoms with E-state index < -0.39 is 0 Å². The zero-order chi connectivity index (χ0) is 15.5. The summed E-state index contributed by atoms with van der Waals surface area (Å²) in [6.45, 7) is 8.34. The molecule has 1 aliphatic rings. The van der Waals surface area contributed by atoms with Crippen molar-refractivity contribution in [2.75, 3.05) is 29.9 Å². The highest BCUT2D eigenvalue weighted by atomic mass is 16.5. The highest BCUT2D eigenvalue weighted by molar-refractivity contribution is 5.82. The lowest BCUT2D eigenvalue weighted by Crippen LogP contribution is -2.25. The third-order valence-corrected chi connectivity index (χ3v) is 3.58. The Kier molecular flexibility index (Phi) is 4.00. The van der Waals surface area contributed by atoms with Gasteiger partial charge in [0.25, 0.3) is 5.88 Å². The Bertz CT molecular complexity index is 671. The minimum Gasteiger partial charge on any atom is -0.488 e. The maximum Gasteiger partial charge on any atom is 0.267 e. The van der Waals surface area contributed by atoms with E-state index >= 15 is 0 Å². The van der Waals surface area contributed by atoms with Gasteiger partial charge in [0.2, 0.25) is 0 Å². The number of ether oxygens (including phenoxy) is 2. The number of para-hydroxylation sites is 2. The maximum atomic E-state index is 5.85. The van der Waals surface area contributed by atoms with Crippen LogP contribution in [0.5, 0.6) is 17.4 Å². The summed E-state index contributed by atoms with van der Waals surface area (Å²) < 4.78 is 11.7. The van der Waals surface area contributed by atoms with Crippen LogP contribution in [0.15, 0.2) is 24.3 Å². The van der Waals surface area contributed by atoms with Gasteiger partial charge in [0.05, 0.1) is 12.3 Å². The second-order valence-electron chi connectivity index (χ2n) is 4.86. The van der Waals surface area contributed by atoms with Gasteiger partial charge in [0, 0.05) is 13.1 Å². The highest BCUT2D eigenvalue weighted by Gasteiger charge is 2.26. The van der Waals surface area contributed by atoms with E-state index in [9.17, 15) is 0 Å². The van der Waals surface area contributed by atoms with Crippen LogP contribution in [0.3, 0.4) is 0 Å². The summed E-state index contributed by atoms with van der Waals surface area (Å²) in [7, 11) is 0. The fourth-order valence-corrected chi connectivity index (χ4v) is 2.49. The standard InChI is InChI=1S/C16H20N4O2/c1-4-20(5-2)15-14(21-6-3)13-16(19-18-15)22-12-10-8-7-9-11(12)17-13/h7-10,17H,4-6H2,1-3H3. The van der Waals surface area contributed by atoms with Crippen molar-refractivity contribution in [1.82, 2.24) is 10.2 Å². The van der Waals surface area contributed by atoms with Crippen LogP contribution in [0.25, 0.3) is 0 Å². The van der Waals surface area contributed by atoms with Crippen LogP contribution in [0, 0.1) is 0 Å². The monoisotopic (exact) mass is 300 g/mol. The molecule has 0 bridgehead atoms. The predicted octanol–water partition coefficient (Wildman–Crippen LogP) is 3.57. The first-order chi connectivity index (χ1) is 10.8. The van der Waals surface area contributed by atoms with Crippen LogP contribution in [0.1, 0.15) is 20.8 Å². The zero-order valence-corrected chi connectivity index (χ0v) is 13.1. The molecule has 1 N–H and O–H groups in total. The molecule has 22 heavy (non-hydrogen) atoms. The molecule has 0 aliphatic carbocycles. The van der Waals surface area contributed by atoms with Crippen molar-refractivity contribution in [3.63, 3.8) is 0 Å². The largest absolute Gasteiger partial charge is 0.488 e. The summed E-state index contributed by atoms with van der Waals surface area (Å²) in [5, 5.41) is 11.9. The van der Waals surface area contributed by atoms with Gasteiger partial charge in [0.1, 0.15) is 0 Å². The number of fused-ring (bicyclic) bond motifs is 2. The predicted molar refractivity (Wildman–Crippen MR) is 86.6 cm³/mol. The van der Waals surface area contributed by atoms with Gasteiger partial charge >= 0.3 is 0 Å². The lowest BCUT2D eigenvalue weighted by Gasteiger charge is -2.27. The molecule has 1 aromatic heterocycles. The van der Waals surface area contributed by atoms with E-state index in [-0.39, 0.29) is 0 Å². The first-order valence-electron chi connectivity index (χ1n) is 7.60. The normalized spacial score (nSPS) is 11.8. The molecular formula is C16H20N4O2. The third-order valence-electron chi connectivity index (χ3n) is 3.58. The van der Waals surface area contributed by atoms with Crippen molar-refractivity contribution in [1.29, 1.82) is 0 Å². The highest BCUT2D eigenvalue weighted by Crippen LogP contribution is 2.47. The summed E-state index contributed by atoms with van der Waals surface area (Å²) in [6, 6.07) is 7.74. The lowest BCUT2D eigenvalue weighted by atomic mass is 10.2. The van der Waals surface area contributed by atoms with Gasteiger partial charge in [-0.05, 0) is 32.9 Å². The van der Waals surface area contributed by atoms with Crippen LogP contribution in [-0.2, 0) is 0 Å². The minimum absolute atomic E-state index is 0.443. The Morgan fingerprint density at radius 3 is 2.64 bits per heavy atom. The Hall–Kier alpha value is -2.50. The second kappa shape index (κ2) is 6.09. The van der Waals surface area contributed by atoms with E-state index in [0.29, 0.717) is 18.2 Å². The zero-order valence-electron chi connectivity index (χ0n) is 13.1. The molecular weight excluding hydrogens is 280 g/mol. The number of benzene rings is 1. The summed E-state index contributed by atoms with van der Waals surface area (Å²) >= 11 is 0. The number of hydrogen-bond donors (Lipinski definition) is 1. The van der Waals surface area contributed by atoms with Crippen LogP contribution in [-0.4, -0.2) is 29.9 Å². The molecule has 3 rings (SSSR count). The molecule has 6 heteroatoms. The fourth-order valence-electron chi connectivity index (χ4n) is 2.49. The summed E-state index contributed by atoms with van der Waals surface area (Å²) in [5.74, 6) is 2.60. The molecule has 0 fully saturated rings. The first-order valence-corrected chi connectivity index (χ1v) is 7.60. The van der Waals surface area contributed by atoms with Gasteiger partial charge in [-0.25, -0.2) is 0 Å².